The summed E-state index contributed by atoms with van der Waals surface area (Å²) in [6, 6.07) is 18.1. The summed E-state index contributed by atoms with van der Waals surface area (Å²) in [5.41, 5.74) is 3.36. The molecule has 0 saturated carbocycles. The van der Waals surface area contributed by atoms with Gasteiger partial charge < -0.3 is 20.3 Å². The van der Waals surface area contributed by atoms with Crippen LogP contribution in [0.1, 0.15) is 29.8 Å². The van der Waals surface area contributed by atoms with Gasteiger partial charge in [0.2, 0.25) is 5.91 Å². The molecule has 0 bridgehead atoms. The van der Waals surface area contributed by atoms with Crippen molar-refractivity contribution >= 4 is 28.9 Å². The normalized spacial score (nSPS) is 15.5. The Morgan fingerprint density at radius 2 is 1.88 bits per heavy atom. The second-order valence-corrected chi connectivity index (χ2v) is 8.14. The maximum atomic E-state index is 13.5. The first kappa shape index (κ1) is 22.3. The number of methoxy groups -OCH3 is 1. The van der Waals surface area contributed by atoms with Crippen molar-refractivity contribution in [3.63, 3.8) is 0 Å². The number of ether oxygens (including phenoxy) is 1. The molecule has 170 valence electrons. The van der Waals surface area contributed by atoms with Crippen LogP contribution in [-0.4, -0.2) is 31.0 Å². The van der Waals surface area contributed by atoms with Gasteiger partial charge in [-0.2, -0.15) is 0 Å². The number of hydrogen-bond donors (Lipinski definition) is 2. The lowest BCUT2D eigenvalue weighted by molar-refractivity contribution is -0.119. The Kier molecular flexibility index (Phi) is 6.31. The molecule has 0 saturated heterocycles. The third-order valence-corrected chi connectivity index (χ3v) is 5.73. The third kappa shape index (κ3) is 4.67. The van der Waals surface area contributed by atoms with E-state index in [1.807, 2.05) is 43.0 Å². The molecule has 0 fully saturated rings. The Morgan fingerprint density at radius 3 is 2.64 bits per heavy atom. The zero-order chi connectivity index (χ0) is 23.5. The standard InChI is InChI=1S/C26H26FN3O3/c1-16-13-18-7-4-5-10-23(18)30(16)26(32)17(2)28-21-11-12-24(33-3)22(15-21)29-25(31)19-8-6-9-20(27)14-19/h4-12,14-17,28H,13H2,1-3H3,(H,29,31). The summed E-state index contributed by atoms with van der Waals surface area (Å²) in [7, 11) is 1.50. The number of benzene rings is 3. The Hall–Kier alpha value is -3.87. The van der Waals surface area contributed by atoms with Gasteiger partial charge in [0.05, 0.1) is 12.8 Å². The molecule has 0 spiro atoms. The summed E-state index contributed by atoms with van der Waals surface area (Å²) >= 11 is 0. The predicted molar refractivity (Wildman–Crippen MR) is 128 cm³/mol. The number of nitrogens with zero attached hydrogens (tertiary/aromatic N) is 1. The average molecular weight is 448 g/mol. The number of rotatable bonds is 6. The van der Waals surface area contributed by atoms with Crippen LogP contribution in [0.3, 0.4) is 0 Å². The summed E-state index contributed by atoms with van der Waals surface area (Å²) in [6.07, 6.45) is 0.827. The molecule has 4 rings (SSSR count). The zero-order valence-corrected chi connectivity index (χ0v) is 18.8. The Labute approximate surface area is 192 Å². The number of hydrogen-bond acceptors (Lipinski definition) is 4. The molecular formula is C26H26FN3O3. The van der Waals surface area contributed by atoms with E-state index in [-0.39, 0.29) is 17.5 Å². The first-order valence-corrected chi connectivity index (χ1v) is 10.8. The third-order valence-electron chi connectivity index (χ3n) is 5.73. The molecule has 1 aliphatic heterocycles. The van der Waals surface area contributed by atoms with E-state index in [0.717, 1.165) is 17.7 Å². The molecule has 3 aromatic carbocycles. The molecule has 1 heterocycles. The fourth-order valence-electron chi connectivity index (χ4n) is 4.14. The van der Waals surface area contributed by atoms with Crippen LogP contribution >= 0.6 is 0 Å². The molecule has 0 radical (unpaired) electrons. The highest BCUT2D eigenvalue weighted by Gasteiger charge is 2.33. The van der Waals surface area contributed by atoms with E-state index in [4.69, 9.17) is 4.74 Å². The van der Waals surface area contributed by atoms with Gasteiger partial charge >= 0.3 is 0 Å². The lowest BCUT2D eigenvalue weighted by atomic mass is 10.1. The van der Waals surface area contributed by atoms with E-state index in [2.05, 4.69) is 10.6 Å². The number of fused-ring (bicyclic) bond motifs is 1. The number of amides is 2. The number of halogens is 1. The van der Waals surface area contributed by atoms with Crippen molar-refractivity contribution in [3.8, 4) is 5.75 Å². The van der Waals surface area contributed by atoms with Crippen LogP contribution in [-0.2, 0) is 11.2 Å². The van der Waals surface area contributed by atoms with Gasteiger partial charge in [-0.3, -0.25) is 9.59 Å². The van der Waals surface area contributed by atoms with Crippen molar-refractivity contribution in [1.82, 2.24) is 0 Å². The predicted octanol–water partition coefficient (Wildman–Crippen LogP) is 4.86. The Balaban J connectivity index is 1.51. The van der Waals surface area contributed by atoms with Gasteiger partial charge in [0, 0.05) is 23.0 Å². The van der Waals surface area contributed by atoms with Gasteiger partial charge in [0.15, 0.2) is 0 Å². The van der Waals surface area contributed by atoms with E-state index in [0.29, 0.717) is 17.1 Å². The van der Waals surface area contributed by atoms with Gasteiger partial charge in [-0.1, -0.05) is 24.3 Å². The number of carbonyl (C=O) groups excluding carboxylic acids is 2. The highest BCUT2D eigenvalue weighted by atomic mass is 19.1. The first-order valence-electron chi connectivity index (χ1n) is 10.8. The van der Waals surface area contributed by atoms with E-state index >= 15 is 0 Å². The quantitative estimate of drug-likeness (QED) is 0.566. The lowest BCUT2D eigenvalue weighted by Gasteiger charge is -2.27. The SMILES string of the molecule is COc1ccc(NC(C)C(=O)N2c3ccccc3CC2C)cc1NC(=O)c1cccc(F)c1. The summed E-state index contributed by atoms with van der Waals surface area (Å²) in [5.74, 6) is -0.536. The first-order chi connectivity index (χ1) is 15.9. The topological polar surface area (TPSA) is 70.7 Å². The number of anilines is 3. The van der Waals surface area contributed by atoms with Crippen molar-refractivity contribution in [3.05, 3.63) is 83.7 Å². The molecule has 0 aromatic heterocycles. The second-order valence-electron chi connectivity index (χ2n) is 8.14. The van der Waals surface area contributed by atoms with Crippen LogP contribution in [0.5, 0.6) is 5.75 Å². The number of nitrogens with one attached hydrogen (secondary N) is 2. The van der Waals surface area contributed by atoms with Gasteiger partial charge in [0.1, 0.15) is 17.6 Å². The highest BCUT2D eigenvalue weighted by Crippen LogP contribution is 2.33. The Morgan fingerprint density at radius 1 is 1.09 bits per heavy atom. The number of para-hydroxylation sites is 1. The zero-order valence-electron chi connectivity index (χ0n) is 18.8. The minimum atomic E-state index is -0.501. The molecule has 6 nitrogen and oxygen atoms in total. The molecule has 7 heteroatoms. The molecule has 0 aliphatic carbocycles. The minimum Gasteiger partial charge on any atom is -0.495 e. The summed E-state index contributed by atoms with van der Waals surface area (Å²) < 4.78 is 18.8. The van der Waals surface area contributed by atoms with Crippen molar-refractivity contribution in [2.45, 2.75) is 32.4 Å². The molecular weight excluding hydrogens is 421 g/mol. The molecule has 2 unspecified atom stereocenters. The number of carbonyl (C=O) groups is 2. The molecule has 3 aromatic rings. The van der Waals surface area contributed by atoms with Gasteiger partial charge in [-0.15, -0.1) is 0 Å². The van der Waals surface area contributed by atoms with Gasteiger partial charge in [0.25, 0.3) is 5.91 Å². The van der Waals surface area contributed by atoms with E-state index in [9.17, 15) is 14.0 Å². The van der Waals surface area contributed by atoms with Crippen molar-refractivity contribution in [2.24, 2.45) is 0 Å². The van der Waals surface area contributed by atoms with Crippen LogP contribution in [0.4, 0.5) is 21.5 Å². The fourth-order valence-corrected chi connectivity index (χ4v) is 4.14. The molecule has 33 heavy (non-hydrogen) atoms. The van der Waals surface area contributed by atoms with Crippen LogP contribution in [0, 0.1) is 5.82 Å². The molecule has 2 amide bonds. The summed E-state index contributed by atoms with van der Waals surface area (Å²) in [5, 5.41) is 5.98. The smallest absolute Gasteiger partial charge is 0.255 e. The average Bonchev–Trinajstić information content (AvgIpc) is 3.14. The van der Waals surface area contributed by atoms with E-state index < -0.39 is 17.8 Å². The minimum absolute atomic E-state index is 0.0337. The van der Waals surface area contributed by atoms with Gasteiger partial charge in [-0.05, 0) is 68.3 Å². The van der Waals surface area contributed by atoms with Crippen molar-refractivity contribution in [1.29, 1.82) is 0 Å². The molecule has 2 atom stereocenters. The van der Waals surface area contributed by atoms with Crippen LogP contribution in [0.25, 0.3) is 0 Å². The Bertz CT molecular complexity index is 1200. The van der Waals surface area contributed by atoms with Crippen LogP contribution in [0.2, 0.25) is 0 Å². The van der Waals surface area contributed by atoms with Crippen LogP contribution in [0.15, 0.2) is 66.7 Å². The van der Waals surface area contributed by atoms with Crippen molar-refractivity contribution in [2.75, 3.05) is 22.6 Å². The second kappa shape index (κ2) is 9.32. The monoisotopic (exact) mass is 447 g/mol. The summed E-state index contributed by atoms with van der Waals surface area (Å²) in [4.78, 5) is 27.7. The van der Waals surface area contributed by atoms with Gasteiger partial charge in [-0.25, -0.2) is 4.39 Å². The van der Waals surface area contributed by atoms with E-state index in [1.54, 1.807) is 18.2 Å². The maximum absolute atomic E-state index is 13.5. The molecule has 1 aliphatic rings. The van der Waals surface area contributed by atoms with Crippen LogP contribution < -0.4 is 20.3 Å². The van der Waals surface area contributed by atoms with E-state index in [1.165, 1.54) is 31.4 Å². The molecule has 2 N–H and O–H groups in total. The summed E-state index contributed by atoms with van der Waals surface area (Å²) in [6.45, 7) is 3.85. The fraction of sp³-hybridized carbons (Fsp3) is 0.231. The lowest BCUT2D eigenvalue weighted by Crippen LogP contribution is -2.44. The maximum Gasteiger partial charge on any atom is 0.255 e. The largest absolute Gasteiger partial charge is 0.495 e. The highest BCUT2D eigenvalue weighted by molar-refractivity contribution is 6.05. The van der Waals surface area contributed by atoms with Crippen molar-refractivity contribution < 1.29 is 18.7 Å².